The summed E-state index contributed by atoms with van der Waals surface area (Å²) in [5, 5.41) is 0. The van der Waals surface area contributed by atoms with Crippen LogP contribution in [0.2, 0.25) is 0 Å². The van der Waals surface area contributed by atoms with Crippen molar-refractivity contribution >= 4 is 0 Å². The first-order chi connectivity index (χ1) is 0. The first-order valence-corrected chi connectivity index (χ1v) is 0. The van der Waals surface area contributed by atoms with Gasteiger partial charge < -0.3 is 0 Å². The van der Waals surface area contributed by atoms with Crippen molar-refractivity contribution in [2.75, 3.05) is 0 Å². The van der Waals surface area contributed by atoms with Gasteiger partial charge in [-0.3, -0.25) is 0 Å². The molecule has 0 radical (unpaired) electrons. The second-order valence-electron chi connectivity index (χ2n) is 0. The van der Waals surface area contributed by atoms with Gasteiger partial charge in [0.2, 0.25) is 0 Å². The van der Waals surface area contributed by atoms with E-state index in [4.69, 9.17) is 0 Å². The van der Waals surface area contributed by atoms with Crippen molar-refractivity contribution in [2.24, 2.45) is 0 Å². The van der Waals surface area contributed by atoms with E-state index in [9.17, 15) is 0 Å². The molecule has 0 nitrogen and oxygen atoms in total. The molecular weight excluding hydrogens is 901 g/mol. The molecule has 0 N–H and O–H groups in total. The highest BCUT2D eigenvalue weighted by Gasteiger charge is -0.00356. The van der Waals surface area contributed by atoms with Crippen molar-refractivity contribution in [3.8, 4) is 0 Å². The molecule has 0 saturated carbocycles. The van der Waals surface area contributed by atoms with Crippen LogP contribution in [0.5, 0.6) is 0 Å². The van der Waals surface area contributed by atoms with Crippen molar-refractivity contribution in [3.63, 3.8) is 0 Å². The third-order valence-electron chi connectivity index (χ3n) is 0. The van der Waals surface area contributed by atoms with E-state index in [1.807, 2.05) is 0 Å². The van der Waals surface area contributed by atoms with E-state index >= 15 is 0 Å². The van der Waals surface area contributed by atoms with Gasteiger partial charge in [0.25, 0.3) is 0 Å². The molecule has 0 rings (SSSR count). The molecule has 0 amide bonds. The lowest BCUT2D eigenvalue weighted by Crippen LogP contribution is 0.143. The van der Waals surface area contributed by atoms with Gasteiger partial charge in [-0.1, -0.05) is 557 Å². The molecule has 75 heavy (non-hydrogen) atoms. The molecule has 0 aliphatic heterocycles. The highest BCUT2D eigenvalue weighted by Crippen LogP contribution is 0.218. The maximum atomic E-state index is 0. The molecule has 0 spiro atoms. The van der Waals surface area contributed by atoms with Gasteiger partial charge in [0.05, 0.1) is 0 Å². The first-order valence-electron chi connectivity index (χ1n) is 0. The highest BCUT2D eigenvalue weighted by molar-refractivity contribution is 2.58. The minimum Gasteiger partial charge on any atom is -0.0776 e. The van der Waals surface area contributed by atoms with Gasteiger partial charge in [-0.05, 0) is 0 Å². The Morgan fingerprint density at radius 1 is 0.0133 bits per heavy atom. The monoisotopic (exact) mass is 1200 g/mol. The van der Waals surface area contributed by atoms with Crippen molar-refractivity contribution in [3.05, 3.63) is 0 Å². The Morgan fingerprint density at radius 3 is 0.0133 bits per heavy atom. The van der Waals surface area contributed by atoms with Gasteiger partial charge >= 0.3 is 0 Å². The summed E-state index contributed by atoms with van der Waals surface area (Å²) in [6.45, 7) is 0. The van der Waals surface area contributed by atoms with Crippen LogP contribution in [0.1, 0.15) is 557 Å². The third kappa shape index (κ3) is 0. The average Bonchev–Trinajstić information content (AvgIpc) is 0. The SMILES string of the molecule is C.C.C.C.C.C.C.C.C.C.C.C.C.C.C.C.C.C.C.C.C.C.C.C.C.C.C.C.C.C.C.C.C.C.C.C.C.C.C.C.C.C.C.C.C.C.C.C.C.C.C.C.C.C.C.C.C.C.C.C.C.C.C.C.C.C.C.C.C.C.C.C.C.C.C. The summed E-state index contributed by atoms with van der Waals surface area (Å²) in [4.78, 5) is 0. The van der Waals surface area contributed by atoms with Gasteiger partial charge in [0, 0.05) is 0 Å². The Morgan fingerprint density at radius 2 is 0.0133 bits per heavy atom. The van der Waals surface area contributed by atoms with Crippen LogP contribution in [-0.4, -0.2) is 0 Å². The van der Waals surface area contributed by atoms with Crippen LogP contribution in [-0.2, 0) is 0 Å². The summed E-state index contributed by atoms with van der Waals surface area (Å²) in [6, 6.07) is 0. The average molecular weight is 1200 g/mol. The molecule has 0 bridgehead atoms. The highest BCUT2D eigenvalue weighted by atomic mass is 12.1. The van der Waals surface area contributed by atoms with E-state index in [1.54, 1.807) is 0 Å². The maximum Gasteiger partial charge on any atom is -0.0776 e. The Kier molecular flexibility index (Phi) is 0. The van der Waals surface area contributed by atoms with E-state index < -0.39 is 0 Å². The van der Waals surface area contributed by atoms with Crippen LogP contribution in [0.15, 0.2) is 0 Å². The zero-order valence-electron chi connectivity index (χ0n) is 0. The topological polar surface area (TPSA) is 0 Å². The summed E-state index contributed by atoms with van der Waals surface area (Å²) in [7, 11) is 0. The maximum absolute atomic E-state index is 0. The molecule has 0 heterocycles. The Hall–Kier alpha value is 0. The molecule has 600 valence electrons. The van der Waals surface area contributed by atoms with Crippen LogP contribution in [0, 0.1) is 0 Å². The summed E-state index contributed by atoms with van der Waals surface area (Å²) >= 11 is 0. The molecule has 0 aliphatic rings. The second kappa shape index (κ2) is 0. The van der Waals surface area contributed by atoms with Crippen molar-refractivity contribution in [1.82, 2.24) is 0 Å². The van der Waals surface area contributed by atoms with E-state index in [1.165, 1.54) is 0 Å². The predicted molar refractivity (Wildman–Crippen MR) is 505 cm³/mol. The third-order valence-corrected chi connectivity index (χ3v) is 0. The fraction of sp³-hybridized carbons (Fsp3) is 1.00. The lowest BCUT2D eigenvalue weighted by atomic mass is 12.0. The molecule has 0 aromatic carbocycles. The molecular formula is C75H300. The zero-order chi connectivity index (χ0) is 0. The molecule has 0 fully saturated rings. The normalized spacial score (nSPS) is 0. The minimum atomic E-state index is 0. The second-order valence-corrected chi connectivity index (χ2v) is 0. The van der Waals surface area contributed by atoms with Gasteiger partial charge in [-0.15, -0.1) is 0 Å². The summed E-state index contributed by atoms with van der Waals surface area (Å²) in [5.74, 6) is 0. The smallest absolute Gasteiger partial charge is 0.0776 e. The molecule has 0 saturated heterocycles. The van der Waals surface area contributed by atoms with E-state index in [2.05, 4.69) is 0 Å². The zero-order valence-corrected chi connectivity index (χ0v) is 0. The summed E-state index contributed by atoms with van der Waals surface area (Å²) < 4.78 is 0. The molecule has 0 atom stereocenters. The molecule has 0 aliphatic carbocycles. The van der Waals surface area contributed by atoms with Gasteiger partial charge in [0.15, 0.2) is 0 Å². The fourth-order valence-corrected chi connectivity index (χ4v) is 0. The van der Waals surface area contributed by atoms with E-state index in [0.29, 0.717) is 0 Å². The van der Waals surface area contributed by atoms with Gasteiger partial charge in [-0.2, -0.15) is 0 Å². The lowest BCUT2D eigenvalue weighted by molar-refractivity contribution is 2.50. The van der Waals surface area contributed by atoms with Crippen LogP contribution in [0.25, 0.3) is 0 Å². The van der Waals surface area contributed by atoms with E-state index in [-0.39, 0.29) is 557 Å². The number of rotatable bonds is 0. The predicted octanol–water partition coefficient (Wildman–Crippen LogP) is 47.7. The fourth-order valence-electron chi connectivity index (χ4n) is 0. The largest absolute Gasteiger partial charge is 0.0776 e. The summed E-state index contributed by atoms with van der Waals surface area (Å²) in [5.41, 5.74) is 0. The number of hydrogen-bond donors (Lipinski definition) is 0. The Balaban J connectivity index is 0. The van der Waals surface area contributed by atoms with Crippen LogP contribution < -0.4 is 0 Å². The van der Waals surface area contributed by atoms with Crippen LogP contribution >= 0.6 is 0 Å². The van der Waals surface area contributed by atoms with Crippen molar-refractivity contribution in [1.29, 1.82) is 0 Å². The minimum absolute atomic E-state index is 0. The van der Waals surface area contributed by atoms with Crippen LogP contribution in [0.4, 0.5) is 0 Å². The molecule has 0 aromatic rings. The summed E-state index contributed by atoms with van der Waals surface area (Å²) in [6.07, 6.45) is 0. The molecule has 0 aromatic heterocycles. The molecule has 0 heteroatoms. The van der Waals surface area contributed by atoms with Crippen molar-refractivity contribution in [2.45, 2.75) is 557 Å². The Bertz CT molecular complexity index is 0. The van der Waals surface area contributed by atoms with Crippen molar-refractivity contribution < 1.29 is 0 Å². The van der Waals surface area contributed by atoms with Crippen LogP contribution in [0.3, 0.4) is 0 Å². The van der Waals surface area contributed by atoms with E-state index in [0.717, 1.165) is 0 Å². The quantitative estimate of drug-likeness (QED) is 0.227. The van der Waals surface area contributed by atoms with Gasteiger partial charge in [-0.25, -0.2) is 0 Å². The number of hydrogen-bond acceptors (Lipinski definition) is 0. The Labute approximate surface area is 554 Å². The molecule has 0 unspecified atom stereocenters. The van der Waals surface area contributed by atoms with Gasteiger partial charge in [0.1, 0.15) is 0 Å². The standard InChI is InChI=1S/75CH4/h75*1H4. The first kappa shape index (κ1) is 0. The lowest BCUT2D eigenvalue weighted by Gasteiger charge is -0.0786.